The normalized spacial score (nSPS) is 9.70. The Morgan fingerprint density at radius 3 is 2.80 bits per heavy atom. The Bertz CT molecular complexity index is 136. The zero-order chi connectivity index (χ0) is 7.82. The van der Waals surface area contributed by atoms with Crippen LogP contribution in [0.2, 0.25) is 0 Å². The minimum atomic E-state index is -0.247. The van der Waals surface area contributed by atoms with E-state index in [1.54, 1.807) is 12.2 Å². The molecule has 2 nitrogen and oxygen atoms in total. The van der Waals surface area contributed by atoms with Gasteiger partial charge in [-0.25, -0.2) is 0 Å². The van der Waals surface area contributed by atoms with Gasteiger partial charge in [0.25, 0.3) is 0 Å². The molecular formula is C8H12O2. The van der Waals surface area contributed by atoms with Gasteiger partial charge in [0.2, 0.25) is 0 Å². The maximum atomic E-state index is 10.2. The predicted molar refractivity (Wildman–Crippen MR) is 40.6 cm³/mol. The summed E-state index contributed by atoms with van der Waals surface area (Å²) in [6.45, 7) is 5.29. The lowest BCUT2D eigenvalue weighted by molar-refractivity contribution is -0.139. The summed E-state index contributed by atoms with van der Waals surface area (Å²) in [5.74, 6) is -0.247. The smallest absolute Gasteiger partial charge is 0.302 e. The van der Waals surface area contributed by atoms with Gasteiger partial charge in [-0.2, -0.15) is 0 Å². The van der Waals surface area contributed by atoms with Crippen LogP contribution in [0.5, 0.6) is 0 Å². The summed E-state index contributed by atoms with van der Waals surface area (Å²) in [7, 11) is 0. The molecule has 0 atom stereocenters. The Hall–Kier alpha value is -1.05. The van der Waals surface area contributed by atoms with Crippen LogP contribution in [0.1, 0.15) is 13.3 Å². The van der Waals surface area contributed by atoms with E-state index < -0.39 is 0 Å². The van der Waals surface area contributed by atoms with Gasteiger partial charge in [0, 0.05) is 6.92 Å². The average molecular weight is 140 g/mol. The Balaban J connectivity index is 3.18. The van der Waals surface area contributed by atoms with Gasteiger partial charge in [0.05, 0.1) is 0 Å². The predicted octanol–water partition coefficient (Wildman–Crippen LogP) is 1.68. The third-order valence-corrected chi connectivity index (χ3v) is 0.852. The molecule has 0 saturated carbocycles. The lowest BCUT2D eigenvalue weighted by atomic mass is 10.4. The first-order valence-corrected chi connectivity index (χ1v) is 3.16. The molecule has 0 rings (SSSR count). The van der Waals surface area contributed by atoms with Crippen molar-refractivity contribution < 1.29 is 9.53 Å². The third-order valence-electron chi connectivity index (χ3n) is 0.852. The molecule has 0 aliphatic rings. The van der Waals surface area contributed by atoms with Crippen molar-refractivity contribution in [3.05, 3.63) is 24.8 Å². The molecule has 0 heterocycles. The molecule has 0 spiro atoms. The van der Waals surface area contributed by atoms with Gasteiger partial charge in [-0.3, -0.25) is 4.79 Å². The first kappa shape index (κ1) is 8.95. The van der Waals surface area contributed by atoms with Crippen LogP contribution in [0.3, 0.4) is 0 Å². The number of carbonyl (C=O) groups excluding carboxylic acids is 1. The summed E-state index contributed by atoms with van der Waals surface area (Å²) in [5, 5.41) is 0. The Morgan fingerprint density at radius 1 is 1.60 bits per heavy atom. The molecule has 56 valence electrons. The molecule has 0 N–H and O–H groups in total. The second kappa shape index (κ2) is 6.08. The molecule has 10 heavy (non-hydrogen) atoms. The number of allylic oxidation sites excluding steroid dienone is 2. The van der Waals surface area contributed by atoms with Crippen molar-refractivity contribution >= 4 is 5.97 Å². The Kier molecular flexibility index (Phi) is 5.44. The largest absolute Gasteiger partial charge is 0.462 e. The van der Waals surface area contributed by atoms with Gasteiger partial charge in [-0.15, -0.1) is 6.58 Å². The zero-order valence-corrected chi connectivity index (χ0v) is 6.17. The summed E-state index contributed by atoms with van der Waals surface area (Å²) >= 11 is 0. The summed E-state index contributed by atoms with van der Waals surface area (Å²) < 4.78 is 4.63. The summed E-state index contributed by atoms with van der Waals surface area (Å²) in [5.41, 5.74) is 0. The van der Waals surface area contributed by atoms with E-state index in [9.17, 15) is 4.79 Å². The van der Waals surface area contributed by atoms with Crippen molar-refractivity contribution in [2.75, 3.05) is 6.61 Å². The maximum Gasteiger partial charge on any atom is 0.302 e. The van der Waals surface area contributed by atoms with E-state index in [4.69, 9.17) is 0 Å². The molecule has 0 fully saturated rings. The highest BCUT2D eigenvalue weighted by Crippen LogP contribution is 1.84. The minimum Gasteiger partial charge on any atom is -0.462 e. The number of rotatable bonds is 4. The number of esters is 1. The number of carbonyl (C=O) groups is 1. The van der Waals surface area contributed by atoms with Crippen LogP contribution in [0.15, 0.2) is 24.8 Å². The highest BCUT2D eigenvalue weighted by molar-refractivity contribution is 5.65. The van der Waals surface area contributed by atoms with Gasteiger partial charge in [0.1, 0.15) is 6.61 Å². The van der Waals surface area contributed by atoms with E-state index in [2.05, 4.69) is 11.3 Å². The molecule has 0 unspecified atom stereocenters. The molecule has 0 aromatic carbocycles. The van der Waals surface area contributed by atoms with Crippen molar-refractivity contribution in [2.24, 2.45) is 0 Å². The SMILES string of the molecule is C=CC/C=C/COC(C)=O. The van der Waals surface area contributed by atoms with Gasteiger partial charge < -0.3 is 4.74 Å². The van der Waals surface area contributed by atoms with E-state index in [0.717, 1.165) is 6.42 Å². The first-order valence-electron chi connectivity index (χ1n) is 3.16. The van der Waals surface area contributed by atoms with Gasteiger partial charge in [-0.1, -0.05) is 18.2 Å². The lowest BCUT2D eigenvalue weighted by Gasteiger charge is -1.92. The minimum absolute atomic E-state index is 0.247. The fourth-order valence-corrected chi connectivity index (χ4v) is 0.426. The molecule has 0 bridgehead atoms. The van der Waals surface area contributed by atoms with E-state index in [1.807, 2.05) is 6.08 Å². The average Bonchev–Trinajstić information content (AvgIpc) is 1.87. The number of hydrogen-bond donors (Lipinski definition) is 0. The molecule has 0 amide bonds. The van der Waals surface area contributed by atoms with Crippen molar-refractivity contribution in [1.29, 1.82) is 0 Å². The van der Waals surface area contributed by atoms with Gasteiger partial charge in [-0.05, 0) is 6.42 Å². The fraction of sp³-hybridized carbons (Fsp3) is 0.375. The Morgan fingerprint density at radius 2 is 2.30 bits per heavy atom. The second-order valence-corrected chi connectivity index (χ2v) is 1.80. The fourth-order valence-electron chi connectivity index (χ4n) is 0.426. The van der Waals surface area contributed by atoms with Crippen LogP contribution in [-0.4, -0.2) is 12.6 Å². The van der Waals surface area contributed by atoms with E-state index >= 15 is 0 Å². The molecule has 0 aromatic heterocycles. The summed E-state index contributed by atoms with van der Waals surface area (Å²) in [4.78, 5) is 10.2. The highest BCUT2D eigenvalue weighted by atomic mass is 16.5. The molecule has 0 aromatic rings. The standard InChI is InChI=1S/C8H12O2/c1-3-4-5-6-7-10-8(2)9/h3,5-6H,1,4,7H2,2H3/b6-5+. The highest BCUT2D eigenvalue weighted by Gasteiger charge is 1.84. The monoisotopic (exact) mass is 140 g/mol. The van der Waals surface area contributed by atoms with Crippen molar-refractivity contribution in [3.8, 4) is 0 Å². The topological polar surface area (TPSA) is 26.3 Å². The molecule has 0 aliphatic heterocycles. The number of hydrogen-bond acceptors (Lipinski definition) is 2. The summed E-state index contributed by atoms with van der Waals surface area (Å²) in [6.07, 6.45) is 6.30. The first-order chi connectivity index (χ1) is 4.77. The van der Waals surface area contributed by atoms with Crippen molar-refractivity contribution in [2.45, 2.75) is 13.3 Å². The molecular weight excluding hydrogens is 128 g/mol. The lowest BCUT2D eigenvalue weighted by Crippen LogP contribution is -1.97. The number of ether oxygens (including phenoxy) is 1. The third kappa shape index (κ3) is 6.95. The zero-order valence-electron chi connectivity index (χ0n) is 6.17. The van der Waals surface area contributed by atoms with E-state index in [-0.39, 0.29) is 5.97 Å². The molecule has 0 aliphatic carbocycles. The van der Waals surface area contributed by atoms with Crippen molar-refractivity contribution in [3.63, 3.8) is 0 Å². The van der Waals surface area contributed by atoms with Crippen LogP contribution in [-0.2, 0) is 9.53 Å². The molecule has 2 heteroatoms. The van der Waals surface area contributed by atoms with Crippen LogP contribution >= 0.6 is 0 Å². The van der Waals surface area contributed by atoms with Gasteiger partial charge >= 0.3 is 5.97 Å². The van der Waals surface area contributed by atoms with Crippen LogP contribution < -0.4 is 0 Å². The van der Waals surface area contributed by atoms with Crippen LogP contribution in [0, 0.1) is 0 Å². The van der Waals surface area contributed by atoms with E-state index in [1.165, 1.54) is 6.92 Å². The van der Waals surface area contributed by atoms with E-state index in [0.29, 0.717) is 6.61 Å². The van der Waals surface area contributed by atoms with Crippen LogP contribution in [0.25, 0.3) is 0 Å². The summed E-state index contributed by atoms with van der Waals surface area (Å²) in [6, 6.07) is 0. The quantitative estimate of drug-likeness (QED) is 0.438. The Labute approximate surface area is 61.2 Å². The van der Waals surface area contributed by atoms with Crippen molar-refractivity contribution in [1.82, 2.24) is 0 Å². The maximum absolute atomic E-state index is 10.2. The van der Waals surface area contributed by atoms with Gasteiger partial charge in [0.15, 0.2) is 0 Å². The molecule has 0 radical (unpaired) electrons. The second-order valence-electron chi connectivity index (χ2n) is 1.80. The molecule has 0 saturated heterocycles. The van der Waals surface area contributed by atoms with Crippen LogP contribution in [0.4, 0.5) is 0 Å².